The molecule has 0 saturated heterocycles. The lowest BCUT2D eigenvalue weighted by Crippen LogP contribution is -2.31. The SMILES string of the molecule is COc1ccc2cc(CN(C)C(=O)COC(=O)CSc3cccc[n+]3[O-])ccc2c1. The molecule has 7 nitrogen and oxygen atoms in total. The summed E-state index contributed by atoms with van der Waals surface area (Å²) >= 11 is 1.06. The van der Waals surface area contributed by atoms with Gasteiger partial charge >= 0.3 is 5.97 Å². The molecule has 0 aliphatic carbocycles. The second kappa shape index (κ2) is 9.98. The smallest absolute Gasteiger partial charge is 0.317 e. The molecule has 0 unspecified atom stereocenters. The van der Waals surface area contributed by atoms with Gasteiger partial charge in [0.15, 0.2) is 12.8 Å². The first-order valence-electron chi connectivity index (χ1n) is 9.23. The Labute approximate surface area is 178 Å². The van der Waals surface area contributed by atoms with Crippen LogP contribution in [0.3, 0.4) is 0 Å². The molecule has 156 valence electrons. The standard InChI is InChI=1S/C22H22N2O5S/c1-23(13-16-6-7-18-12-19(28-2)9-8-17(18)11-16)20(25)14-29-22(26)15-30-21-5-3-4-10-24(21)27/h3-12H,13-15H2,1-2H3. The highest BCUT2D eigenvalue weighted by atomic mass is 32.2. The maximum absolute atomic E-state index is 12.3. The molecule has 0 N–H and O–H groups in total. The first-order chi connectivity index (χ1) is 14.5. The Hall–Kier alpha value is -3.26. The molecule has 2 aromatic carbocycles. The van der Waals surface area contributed by atoms with E-state index in [0.717, 1.165) is 33.8 Å². The van der Waals surface area contributed by atoms with Gasteiger partial charge in [0, 0.05) is 25.7 Å². The summed E-state index contributed by atoms with van der Waals surface area (Å²) in [6, 6.07) is 16.7. The number of pyridine rings is 1. The van der Waals surface area contributed by atoms with E-state index in [4.69, 9.17) is 9.47 Å². The van der Waals surface area contributed by atoms with Gasteiger partial charge in [0.05, 0.1) is 7.11 Å². The van der Waals surface area contributed by atoms with Gasteiger partial charge < -0.3 is 19.6 Å². The van der Waals surface area contributed by atoms with E-state index in [1.165, 1.54) is 11.1 Å². The van der Waals surface area contributed by atoms with Crippen LogP contribution in [0.2, 0.25) is 0 Å². The maximum atomic E-state index is 12.3. The number of likely N-dealkylation sites (N-methyl/N-ethyl adjacent to an activating group) is 1. The van der Waals surface area contributed by atoms with E-state index in [2.05, 4.69) is 0 Å². The number of benzene rings is 2. The second-order valence-electron chi connectivity index (χ2n) is 6.61. The molecule has 0 radical (unpaired) electrons. The Morgan fingerprint density at radius 3 is 2.63 bits per heavy atom. The van der Waals surface area contributed by atoms with Crippen molar-refractivity contribution < 1.29 is 23.8 Å². The van der Waals surface area contributed by atoms with Crippen molar-refractivity contribution in [1.82, 2.24) is 4.90 Å². The minimum atomic E-state index is -0.551. The lowest BCUT2D eigenvalue weighted by atomic mass is 10.1. The zero-order valence-corrected chi connectivity index (χ0v) is 17.6. The largest absolute Gasteiger partial charge is 0.618 e. The van der Waals surface area contributed by atoms with Crippen LogP contribution in [0.1, 0.15) is 5.56 Å². The number of hydrogen-bond donors (Lipinski definition) is 0. The molecule has 30 heavy (non-hydrogen) atoms. The van der Waals surface area contributed by atoms with E-state index in [1.54, 1.807) is 32.4 Å². The number of fused-ring (bicyclic) bond motifs is 1. The number of amides is 1. The molecule has 0 fully saturated rings. The fraction of sp³-hybridized carbons (Fsp3) is 0.227. The number of ether oxygens (including phenoxy) is 2. The van der Waals surface area contributed by atoms with Crippen LogP contribution in [-0.2, 0) is 20.9 Å². The van der Waals surface area contributed by atoms with Gasteiger partial charge in [0.25, 0.3) is 10.9 Å². The van der Waals surface area contributed by atoms with Crippen LogP contribution < -0.4 is 9.47 Å². The zero-order chi connectivity index (χ0) is 21.5. The van der Waals surface area contributed by atoms with Gasteiger partial charge in [-0.25, -0.2) is 0 Å². The monoisotopic (exact) mass is 426 g/mol. The Morgan fingerprint density at radius 2 is 1.87 bits per heavy atom. The molecule has 0 atom stereocenters. The lowest BCUT2D eigenvalue weighted by Gasteiger charge is -2.17. The minimum Gasteiger partial charge on any atom is -0.618 e. The fourth-order valence-electron chi connectivity index (χ4n) is 2.81. The third-order valence-electron chi connectivity index (χ3n) is 4.44. The highest BCUT2D eigenvalue weighted by molar-refractivity contribution is 7.99. The summed E-state index contributed by atoms with van der Waals surface area (Å²) in [4.78, 5) is 25.7. The van der Waals surface area contributed by atoms with Crippen LogP contribution in [0.5, 0.6) is 5.75 Å². The van der Waals surface area contributed by atoms with Gasteiger partial charge in [-0.2, -0.15) is 4.73 Å². The Bertz CT molecular complexity index is 1060. The van der Waals surface area contributed by atoms with Gasteiger partial charge in [-0.05, 0) is 52.4 Å². The molecule has 0 aliphatic heterocycles. The summed E-state index contributed by atoms with van der Waals surface area (Å²) in [5.74, 6) is -0.107. The summed E-state index contributed by atoms with van der Waals surface area (Å²) in [7, 11) is 3.29. The molecular weight excluding hydrogens is 404 g/mol. The number of rotatable bonds is 8. The average molecular weight is 426 g/mol. The van der Waals surface area contributed by atoms with Crippen LogP contribution in [-0.4, -0.2) is 43.3 Å². The molecule has 0 spiro atoms. The predicted octanol–water partition coefficient (Wildman–Crippen LogP) is 2.78. The summed E-state index contributed by atoms with van der Waals surface area (Å²) < 4.78 is 11.0. The van der Waals surface area contributed by atoms with Gasteiger partial charge in [-0.3, -0.25) is 9.59 Å². The molecule has 8 heteroatoms. The number of methoxy groups -OCH3 is 1. The molecule has 0 bridgehead atoms. The molecular formula is C22H22N2O5S. The minimum absolute atomic E-state index is 0.0443. The molecule has 1 aromatic heterocycles. The van der Waals surface area contributed by atoms with E-state index >= 15 is 0 Å². The lowest BCUT2D eigenvalue weighted by molar-refractivity contribution is -0.645. The zero-order valence-electron chi connectivity index (χ0n) is 16.7. The van der Waals surface area contributed by atoms with Crippen LogP contribution in [0.25, 0.3) is 10.8 Å². The summed E-state index contributed by atoms with van der Waals surface area (Å²) in [5.41, 5.74) is 0.967. The van der Waals surface area contributed by atoms with E-state index in [9.17, 15) is 14.8 Å². The maximum Gasteiger partial charge on any atom is 0.317 e. The van der Waals surface area contributed by atoms with Crippen molar-refractivity contribution in [2.24, 2.45) is 0 Å². The number of nitrogens with zero attached hydrogens (tertiary/aromatic N) is 2. The van der Waals surface area contributed by atoms with Crippen molar-refractivity contribution >= 4 is 34.4 Å². The molecule has 1 heterocycles. The number of thioether (sulfide) groups is 1. The topological polar surface area (TPSA) is 82.8 Å². The molecule has 0 saturated carbocycles. The van der Waals surface area contributed by atoms with Crippen molar-refractivity contribution in [2.45, 2.75) is 11.6 Å². The van der Waals surface area contributed by atoms with E-state index < -0.39 is 5.97 Å². The van der Waals surface area contributed by atoms with Gasteiger partial charge in [-0.1, -0.05) is 18.2 Å². The number of carbonyl (C=O) groups excluding carboxylic acids is 2. The van der Waals surface area contributed by atoms with Crippen molar-refractivity contribution in [3.63, 3.8) is 0 Å². The molecule has 1 amide bonds. The predicted molar refractivity (Wildman–Crippen MR) is 114 cm³/mol. The number of hydrogen-bond acceptors (Lipinski definition) is 6. The fourth-order valence-corrected chi connectivity index (χ4v) is 3.52. The average Bonchev–Trinajstić information content (AvgIpc) is 2.76. The molecule has 3 aromatic rings. The first kappa shape index (κ1) is 21.4. The summed E-state index contributed by atoms with van der Waals surface area (Å²) in [6.07, 6.45) is 1.36. The van der Waals surface area contributed by atoms with Gasteiger partial charge in [-0.15, -0.1) is 0 Å². The van der Waals surface area contributed by atoms with Crippen molar-refractivity contribution in [1.29, 1.82) is 0 Å². The van der Waals surface area contributed by atoms with Crippen LogP contribution >= 0.6 is 11.8 Å². The number of carbonyl (C=O) groups is 2. The number of aromatic nitrogens is 1. The quantitative estimate of drug-likeness (QED) is 0.238. The Balaban J connectivity index is 1.49. The van der Waals surface area contributed by atoms with Crippen molar-refractivity contribution in [3.05, 3.63) is 71.6 Å². The first-order valence-corrected chi connectivity index (χ1v) is 10.2. The highest BCUT2D eigenvalue weighted by Gasteiger charge is 2.15. The van der Waals surface area contributed by atoms with Gasteiger partial charge in [0.2, 0.25) is 0 Å². The second-order valence-corrected chi connectivity index (χ2v) is 7.61. The van der Waals surface area contributed by atoms with Crippen LogP contribution in [0, 0.1) is 5.21 Å². The summed E-state index contributed by atoms with van der Waals surface area (Å²) in [5, 5.41) is 14.0. The highest BCUT2D eigenvalue weighted by Crippen LogP contribution is 2.22. The molecule has 3 rings (SSSR count). The van der Waals surface area contributed by atoms with Crippen molar-refractivity contribution in [3.8, 4) is 5.75 Å². The normalized spacial score (nSPS) is 10.6. The third kappa shape index (κ3) is 5.64. The number of esters is 1. The van der Waals surface area contributed by atoms with Crippen LogP contribution in [0.4, 0.5) is 0 Å². The Kier molecular flexibility index (Phi) is 7.13. The third-order valence-corrected chi connectivity index (χ3v) is 5.43. The van der Waals surface area contributed by atoms with Gasteiger partial charge in [0.1, 0.15) is 11.5 Å². The van der Waals surface area contributed by atoms with Crippen LogP contribution in [0.15, 0.2) is 65.8 Å². The van der Waals surface area contributed by atoms with E-state index in [1.807, 2.05) is 36.4 Å². The van der Waals surface area contributed by atoms with Crippen molar-refractivity contribution in [2.75, 3.05) is 26.5 Å². The van der Waals surface area contributed by atoms with E-state index in [-0.39, 0.29) is 18.3 Å². The van der Waals surface area contributed by atoms with E-state index in [0.29, 0.717) is 16.3 Å². The summed E-state index contributed by atoms with van der Waals surface area (Å²) in [6.45, 7) is 0.0557. The molecule has 0 aliphatic rings. The Morgan fingerprint density at radius 1 is 1.10 bits per heavy atom.